The Kier molecular flexibility index (Phi) is 1.54. The molecule has 0 atom stereocenters. The van der Waals surface area contributed by atoms with Crippen molar-refractivity contribution in [1.29, 1.82) is 0 Å². The number of nitrogens with two attached hydrogens (primary N) is 1. The molecule has 4 nitrogen and oxygen atoms in total. The van der Waals surface area contributed by atoms with Crippen molar-refractivity contribution in [3.8, 4) is 0 Å². The van der Waals surface area contributed by atoms with E-state index in [1.54, 1.807) is 12.7 Å². The predicted molar refractivity (Wildman–Crippen MR) is 52.5 cm³/mol. The molecule has 1 aromatic heterocycles. The van der Waals surface area contributed by atoms with Crippen molar-refractivity contribution in [2.24, 2.45) is 11.1 Å². The van der Waals surface area contributed by atoms with Crippen LogP contribution in [-0.4, -0.2) is 20.3 Å². The van der Waals surface area contributed by atoms with Gasteiger partial charge in [0.2, 0.25) is 0 Å². The van der Waals surface area contributed by atoms with Crippen LogP contribution in [0.25, 0.3) is 0 Å². The number of nitrogens with zero attached hydrogens (tertiary/aromatic N) is 3. The Hall–Kier alpha value is -0.900. The molecule has 0 saturated heterocycles. The molecule has 2 aliphatic carbocycles. The van der Waals surface area contributed by atoms with Gasteiger partial charge in [-0.25, -0.2) is 4.98 Å². The molecule has 2 aliphatic rings. The van der Waals surface area contributed by atoms with E-state index in [1.165, 1.54) is 32.1 Å². The van der Waals surface area contributed by atoms with Gasteiger partial charge in [-0.1, -0.05) is 0 Å². The second kappa shape index (κ2) is 2.57. The lowest BCUT2D eigenvalue weighted by atomic mass is 9.91. The third-order valence-electron chi connectivity index (χ3n) is 3.98. The maximum absolute atomic E-state index is 6.28. The normalized spacial score (nSPS) is 26.1. The average Bonchev–Trinajstić information content (AvgIpc) is 3.07. The summed E-state index contributed by atoms with van der Waals surface area (Å²) in [7, 11) is 0. The summed E-state index contributed by atoms with van der Waals surface area (Å²) in [5.41, 5.74) is 6.93. The number of hydrogen-bond acceptors (Lipinski definition) is 3. The molecule has 0 bridgehead atoms. The maximum atomic E-state index is 6.28. The van der Waals surface area contributed by atoms with Crippen molar-refractivity contribution in [2.45, 2.75) is 44.2 Å². The highest BCUT2D eigenvalue weighted by molar-refractivity contribution is 5.18. The zero-order chi connectivity index (χ0) is 9.65. The molecular weight excluding hydrogens is 176 g/mol. The van der Waals surface area contributed by atoms with Crippen LogP contribution in [0.15, 0.2) is 12.7 Å². The van der Waals surface area contributed by atoms with Gasteiger partial charge in [0, 0.05) is 12.1 Å². The molecular formula is C10H16N4. The summed E-state index contributed by atoms with van der Waals surface area (Å²) in [6.45, 7) is 0.971. The van der Waals surface area contributed by atoms with Crippen LogP contribution in [0.2, 0.25) is 0 Å². The summed E-state index contributed by atoms with van der Waals surface area (Å²) in [4.78, 5) is 3.94. The average molecular weight is 192 g/mol. The van der Waals surface area contributed by atoms with E-state index in [9.17, 15) is 0 Å². The van der Waals surface area contributed by atoms with Crippen molar-refractivity contribution in [2.75, 3.05) is 0 Å². The first kappa shape index (κ1) is 8.41. The second-order valence-corrected chi connectivity index (χ2v) is 4.85. The van der Waals surface area contributed by atoms with E-state index in [4.69, 9.17) is 5.73 Å². The third-order valence-corrected chi connectivity index (χ3v) is 3.98. The second-order valence-electron chi connectivity index (χ2n) is 4.85. The molecule has 1 aromatic rings. The molecule has 76 valence electrons. The monoisotopic (exact) mass is 192 g/mol. The lowest BCUT2D eigenvalue weighted by Gasteiger charge is -2.22. The van der Waals surface area contributed by atoms with E-state index in [0.29, 0.717) is 5.41 Å². The van der Waals surface area contributed by atoms with Crippen molar-refractivity contribution >= 4 is 0 Å². The molecule has 14 heavy (non-hydrogen) atoms. The summed E-state index contributed by atoms with van der Waals surface area (Å²) in [5, 5.41) is 4.11. The van der Waals surface area contributed by atoms with Gasteiger partial charge < -0.3 is 5.73 Å². The number of aryl methyl sites for hydroxylation is 1. The Bertz CT molecular complexity index is 322. The van der Waals surface area contributed by atoms with Crippen molar-refractivity contribution in [3.63, 3.8) is 0 Å². The van der Waals surface area contributed by atoms with Gasteiger partial charge in [-0.15, -0.1) is 0 Å². The summed E-state index contributed by atoms with van der Waals surface area (Å²) in [6.07, 6.45) is 9.64. The molecule has 3 rings (SSSR count). The van der Waals surface area contributed by atoms with Crippen LogP contribution in [-0.2, 0) is 6.54 Å². The van der Waals surface area contributed by atoms with Gasteiger partial charge in [-0.05, 0) is 37.5 Å². The van der Waals surface area contributed by atoms with Crippen LogP contribution in [0.3, 0.4) is 0 Å². The van der Waals surface area contributed by atoms with Crippen LogP contribution in [0.5, 0.6) is 0 Å². The minimum Gasteiger partial charge on any atom is -0.325 e. The molecule has 4 heteroatoms. The zero-order valence-electron chi connectivity index (χ0n) is 8.32. The lowest BCUT2D eigenvalue weighted by Crippen LogP contribution is -2.34. The van der Waals surface area contributed by atoms with Gasteiger partial charge >= 0.3 is 0 Å². The first-order valence-corrected chi connectivity index (χ1v) is 5.36. The molecule has 0 spiro atoms. The first-order chi connectivity index (χ1) is 6.74. The highest BCUT2D eigenvalue weighted by atomic mass is 15.3. The SMILES string of the molecule is NC1(C2(CCn3cncn3)CC2)CC1. The van der Waals surface area contributed by atoms with E-state index in [-0.39, 0.29) is 5.54 Å². The molecule has 0 aliphatic heterocycles. The van der Waals surface area contributed by atoms with Crippen LogP contribution >= 0.6 is 0 Å². The molecule has 1 heterocycles. The van der Waals surface area contributed by atoms with Crippen LogP contribution in [0.4, 0.5) is 0 Å². The minimum absolute atomic E-state index is 0.188. The topological polar surface area (TPSA) is 56.7 Å². The molecule has 0 unspecified atom stereocenters. The summed E-state index contributed by atoms with van der Waals surface area (Å²) >= 11 is 0. The number of hydrogen-bond donors (Lipinski definition) is 1. The van der Waals surface area contributed by atoms with Crippen molar-refractivity contribution < 1.29 is 0 Å². The number of rotatable bonds is 4. The molecule has 0 aromatic carbocycles. The molecule has 2 N–H and O–H groups in total. The Morgan fingerprint density at radius 2 is 2.07 bits per heavy atom. The Balaban J connectivity index is 1.63. The summed E-state index contributed by atoms with van der Waals surface area (Å²) in [5.74, 6) is 0. The molecule has 0 amide bonds. The first-order valence-electron chi connectivity index (χ1n) is 5.36. The third kappa shape index (κ3) is 1.17. The standard InChI is InChI=1S/C10H16N4/c11-10(3-4-10)9(1-2-9)5-6-14-8-12-7-13-14/h7-8H,1-6,11H2. The van der Waals surface area contributed by atoms with Gasteiger partial charge in [0.05, 0.1) is 0 Å². The molecule has 2 fully saturated rings. The van der Waals surface area contributed by atoms with Crippen molar-refractivity contribution in [1.82, 2.24) is 14.8 Å². The van der Waals surface area contributed by atoms with Gasteiger partial charge in [-0.3, -0.25) is 4.68 Å². The van der Waals surface area contributed by atoms with E-state index in [1.807, 2.05) is 4.68 Å². The fourth-order valence-electron chi connectivity index (χ4n) is 2.49. The Morgan fingerprint density at radius 3 is 2.57 bits per heavy atom. The molecule has 0 radical (unpaired) electrons. The Labute approximate surface area is 83.5 Å². The summed E-state index contributed by atoms with van der Waals surface area (Å²) < 4.78 is 1.91. The van der Waals surface area contributed by atoms with Crippen LogP contribution in [0.1, 0.15) is 32.1 Å². The predicted octanol–water partition coefficient (Wildman–Crippen LogP) is 0.940. The van der Waals surface area contributed by atoms with Gasteiger partial charge in [0.15, 0.2) is 0 Å². The Morgan fingerprint density at radius 1 is 1.29 bits per heavy atom. The zero-order valence-corrected chi connectivity index (χ0v) is 8.32. The number of aromatic nitrogens is 3. The minimum atomic E-state index is 0.188. The fourth-order valence-corrected chi connectivity index (χ4v) is 2.49. The highest BCUT2D eigenvalue weighted by Gasteiger charge is 2.62. The molecule has 2 saturated carbocycles. The van der Waals surface area contributed by atoms with E-state index in [2.05, 4.69) is 10.1 Å². The highest BCUT2D eigenvalue weighted by Crippen LogP contribution is 2.64. The van der Waals surface area contributed by atoms with E-state index in [0.717, 1.165) is 6.54 Å². The van der Waals surface area contributed by atoms with E-state index >= 15 is 0 Å². The van der Waals surface area contributed by atoms with Crippen molar-refractivity contribution in [3.05, 3.63) is 12.7 Å². The van der Waals surface area contributed by atoms with Gasteiger partial charge in [-0.2, -0.15) is 5.10 Å². The van der Waals surface area contributed by atoms with Crippen LogP contribution in [0, 0.1) is 5.41 Å². The lowest BCUT2D eigenvalue weighted by molar-refractivity contribution is 0.324. The van der Waals surface area contributed by atoms with Gasteiger partial charge in [0.25, 0.3) is 0 Å². The van der Waals surface area contributed by atoms with E-state index < -0.39 is 0 Å². The quantitative estimate of drug-likeness (QED) is 0.772. The summed E-state index contributed by atoms with van der Waals surface area (Å²) in [6, 6.07) is 0. The fraction of sp³-hybridized carbons (Fsp3) is 0.800. The largest absolute Gasteiger partial charge is 0.325 e. The van der Waals surface area contributed by atoms with Crippen LogP contribution < -0.4 is 5.73 Å². The van der Waals surface area contributed by atoms with Gasteiger partial charge in [0.1, 0.15) is 12.7 Å². The maximum Gasteiger partial charge on any atom is 0.137 e. The smallest absolute Gasteiger partial charge is 0.137 e.